The van der Waals surface area contributed by atoms with Gasteiger partial charge < -0.3 is 10.6 Å². The first-order chi connectivity index (χ1) is 5.46. The maximum atomic E-state index is 11.4. The summed E-state index contributed by atoms with van der Waals surface area (Å²) >= 11 is 0. The van der Waals surface area contributed by atoms with Crippen molar-refractivity contribution in [1.29, 1.82) is 0 Å². The second-order valence-corrected chi connectivity index (χ2v) is 4.07. The van der Waals surface area contributed by atoms with E-state index in [0.717, 1.165) is 12.8 Å². The molecule has 3 fully saturated rings. The molecule has 3 aliphatic heterocycles. The lowest BCUT2D eigenvalue weighted by molar-refractivity contribution is -0.150. The standard InChI is InChI=1S/C8H12N2O2/c1-7-3-4-8(2,6(12)9-7)10-5(7)11/h3-4H2,1-2H3,(H,9,12)(H,10,11)/t7-,8-/m1/s1. The third kappa shape index (κ3) is 0.722. The molecule has 0 spiro atoms. The van der Waals surface area contributed by atoms with Gasteiger partial charge in [0.05, 0.1) is 0 Å². The third-order valence-electron chi connectivity index (χ3n) is 2.91. The lowest BCUT2D eigenvalue weighted by Gasteiger charge is -2.49. The van der Waals surface area contributed by atoms with Gasteiger partial charge in [-0.15, -0.1) is 0 Å². The van der Waals surface area contributed by atoms with Crippen molar-refractivity contribution in [2.75, 3.05) is 0 Å². The monoisotopic (exact) mass is 168 g/mol. The predicted molar refractivity (Wildman–Crippen MR) is 42.3 cm³/mol. The molecule has 2 N–H and O–H groups in total. The number of rotatable bonds is 0. The van der Waals surface area contributed by atoms with Crippen LogP contribution in [-0.4, -0.2) is 22.9 Å². The zero-order valence-electron chi connectivity index (χ0n) is 7.23. The van der Waals surface area contributed by atoms with Crippen LogP contribution in [0, 0.1) is 0 Å². The maximum absolute atomic E-state index is 11.4. The van der Waals surface area contributed by atoms with E-state index in [9.17, 15) is 9.59 Å². The van der Waals surface area contributed by atoms with Crippen molar-refractivity contribution >= 4 is 11.8 Å². The summed E-state index contributed by atoms with van der Waals surface area (Å²) < 4.78 is 0. The quantitative estimate of drug-likeness (QED) is 0.514. The third-order valence-corrected chi connectivity index (χ3v) is 2.91. The summed E-state index contributed by atoms with van der Waals surface area (Å²) in [6.45, 7) is 3.53. The molecule has 0 unspecified atom stereocenters. The summed E-state index contributed by atoms with van der Waals surface area (Å²) in [5.41, 5.74) is -1.32. The van der Waals surface area contributed by atoms with Gasteiger partial charge in [0.1, 0.15) is 11.1 Å². The highest BCUT2D eigenvalue weighted by atomic mass is 16.2. The van der Waals surface area contributed by atoms with Gasteiger partial charge in [0.25, 0.3) is 0 Å². The summed E-state index contributed by atoms with van der Waals surface area (Å²) in [7, 11) is 0. The van der Waals surface area contributed by atoms with Crippen LogP contribution in [0.4, 0.5) is 0 Å². The van der Waals surface area contributed by atoms with E-state index in [-0.39, 0.29) is 11.8 Å². The Bertz CT molecular complexity index is 248. The molecule has 4 nitrogen and oxygen atoms in total. The Morgan fingerprint density at radius 2 is 1.33 bits per heavy atom. The molecule has 3 saturated heterocycles. The normalized spacial score (nSPS) is 45.5. The Balaban J connectivity index is 2.40. The van der Waals surface area contributed by atoms with Crippen LogP contribution in [0.1, 0.15) is 26.7 Å². The Morgan fingerprint density at radius 1 is 1.00 bits per heavy atom. The smallest absolute Gasteiger partial charge is 0.246 e. The van der Waals surface area contributed by atoms with Gasteiger partial charge in [-0.1, -0.05) is 0 Å². The van der Waals surface area contributed by atoms with Gasteiger partial charge in [-0.05, 0) is 26.7 Å². The Labute approximate surface area is 70.7 Å². The minimum Gasteiger partial charge on any atom is -0.340 e. The second-order valence-electron chi connectivity index (χ2n) is 4.07. The van der Waals surface area contributed by atoms with Crippen molar-refractivity contribution in [1.82, 2.24) is 10.6 Å². The van der Waals surface area contributed by atoms with E-state index in [1.165, 1.54) is 0 Å². The summed E-state index contributed by atoms with van der Waals surface area (Å²) in [6.07, 6.45) is 1.47. The molecule has 66 valence electrons. The van der Waals surface area contributed by atoms with Crippen molar-refractivity contribution in [3.8, 4) is 0 Å². The van der Waals surface area contributed by atoms with E-state index in [2.05, 4.69) is 10.6 Å². The average molecular weight is 168 g/mol. The first-order valence-corrected chi connectivity index (χ1v) is 4.12. The summed E-state index contributed by atoms with van der Waals surface area (Å²) in [5.74, 6) is -0.119. The van der Waals surface area contributed by atoms with Crippen molar-refractivity contribution in [3.05, 3.63) is 0 Å². The molecule has 2 amide bonds. The van der Waals surface area contributed by atoms with Gasteiger partial charge in [0, 0.05) is 0 Å². The fraction of sp³-hybridized carbons (Fsp3) is 0.750. The fourth-order valence-corrected chi connectivity index (χ4v) is 1.74. The molecule has 12 heavy (non-hydrogen) atoms. The van der Waals surface area contributed by atoms with Gasteiger partial charge in [0.15, 0.2) is 0 Å². The van der Waals surface area contributed by atoms with Crippen molar-refractivity contribution in [2.45, 2.75) is 37.8 Å². The highest BCUT2D eigenvalue weighted by molar-refractivity contribution is 6.03. The van der Waals surface area contributed by atoms with Crippen LogP contribution in [0.25, 0.3) is 0 Å². The zero-order valence-corrected chi connectivity index (χ0v) is 7.23. The molecule has 3 heterocycles. The van der Waals surface area contributed by atoms with Gasteiger partial charge >= 0.3 is 0 Å². The summed E-state index contributed by atoms with van der Waals surface area (Å²) in [6, 6.07) is 0. The maximum Gasteiger partial charge on any atom is 0.246 e. The van der Waals surface area contributed by atoms with Crippen molar-refractivity contribution < 1.29 is 9.59 Å². The number of amides is 2. The average Bonchev–Trinajstić information content (AvgIpc) is 1.96. The van der Waals surface area contributed by atoms with Crippen LogP contribution in [-0.2, 0) is 9.59 Å². The topological polar surface area (TPSA) is 58.2 Å². The molecule has 3 rings (SSSR count). The van der Waals surface area contributed by atoms with E-state index in [1.807, 2.05) is 0 Å². The number of carbonyl (C=O) groups excluding carboxylic acids is 2. The first kappa shape index (κ1) is 7.58. The number of piperidine rings is 2. The van der Waals surface area contributed by atoms with Crippen molar-refractivity contribution in [3.63, 3.8) is 0 Å². The minimum absolute atomic E-state index is 0.0594. The molecular weight excluding hydrogens is 156 g/mol. The van der Waals surface area contributed by atoms with Crippen LogP contribution in [0.15, 0.2) is 0 Å². The lowest BCUT2D eigenvalue weighted by atomic mass is 9.75. The highest BCUT2D eigenvalue weighted by Gasteiger charge is 2.54. The molecule has 0 radical (unpaired) electrons. The van der Waals surface area contributed by atoms with Crippen LogP contribution >= 0.6 is 0 Å². The number of hydrogen-bond donors (Lipinski definition) is 2. The molecule has 2 atom stereocenters. The van der Waals surface area contributed by atoms with E-state index in [0.29, 0.717) is 0 Å². The van der Waals surface area contributed by atoms with Gasteiger partial charge in [0.2, 0.25) is 11.8 Å². The first-order valence-electron chi connectivity index (χ1n) is 4.12. The van der Waals surface area contributed by atoms with Gasteiger partial charge in [-0.25, -0.2) is 0 Å². The number of fused-ring (bicyclic) bond motifs is 3. The molecule has 0 aliphatic carbocycles. The largest absolute Gasteiger partial charge is 0.340 e. The molecule has 0 saturated carbocycles. The molecule has 0 aromatic heterocycles. The molecule has 2 bridgehead atoms. The summed E-state index contributed by atoms with van der Waals surface area (Å²) in [4.78, 5) is 22.8. The Hall–Kier alpha value is -1.06. The lowest BCUT2D eigenvalue weighted by Crippen LogP contribution is -2.77. The van der Waals surface area contributed by atoms with E-state index >= 15 is 0 Å². The number of piperazine rings is 1. The minimum atomic E-state index is -0.658. The molecule has 3 aliphatic rings. The van der Waals surface area contributed by atoms with Gasteiger partial charge in [-0.2, -0.15) is 0 Å². The van der Waals surface area contributed by atoms with E-state index in [4.69, 9.17) is 0 Å². The molecule has 0 aromatic rings. The number of nitrogens with one attached hydrogen (secondary N) is 2. The summed E-state index contributed by atoms with van der Waals surface area (Å²) in [5, 5.41) is 5.46. The van der Waals surface area contributed by atoms with Crippen LogP contribution < -0.4 is 10.6 Å². The van der Waals surface area contributed by atoms with Crippen LogP contribution in [0.3, 0.4) is 0 Å². The van der Waals surface area contributed by atoms with Crippen LogP contribution in [0.5, 0.6) is 0 Å². The van der Waals surface area contributed by atoms with E-state index < -0.39 is 11.1 Å². The Kier molecular flexibility index (Phi) is 1.14. The Morgan fingerprint density at radius 3 is 1.58 bits per heavy atom. The van der Waals surface area contributed by atoms with Crippen molar-refractivity contribution in [2.24, 2.45) is 0 Å². The number of hydrogen-bond acceptors (Lipinski definition) is 2. The highest BCUT2D eigenvalue weighted by Crippen LogP contribution is 2.32. The van der Waals surface area contributed by atoms with E-state index in [1.54, 1.807) is 13.8 Å². The second kappa shape index (κ2) is 1.81. The fourth-order valence-electron chi connectivity index (χ4n) is 1.74. The molecule has 4 heteroatoms. The molecular formula is C8H12N2O2. The zero-order chi connectivity index (χ0) is 8.98. The van der Waals surface area contributed by atoms with Crippen LogP contribution in [0.2, 0.25) is 0 Å². The van der Waals surface area contributed by atoms with Gasteiger partial charge in [-0.3, -0.25) is 9.59 Å². The number of carbonyl (C=O) groups is 2. The SMILES string of the molecule is C[C@@]12CC[C@@](C)(NC1=O)C(=O)N2. The predicted octanol–water partition coefficient (Wildman–Crippen LogP) is -0.456. The molecule has 0 aromatic carbocycles.